The van der Waals surface area contributed by atoms with Crippen molar-refractivity contribution in [3.8, 4) is 0 Å². The molecule has 4 rings (SSSR count). The summed E-state index contributed by atoms with van der Waals surface area (Å²) < 4.78 is 4.76. The Balaban J connectivity index is 1.24. The Labute approximate surface area is 135 Å². The van der Waals surface area contributed by atoms with Gasteiger partial charge >= 0.3 is 0 Å². The Morgan fingerprint density at radius 2 is 1.83 bits per heavy atom. The van der Waals surface area contributed by atoms with Gasteiger partial charge in [-0.2, -0.15) is 0 Å². The predicted octanol–water partition coefficient (Wildman–Crippen LogP) is 0.174. The molecule has 0 bridgehead atoms. The molecule has 122 valence electrons. The van der Waals surface area contributed by atoms with Crippen molar-refractivity contribution in [3.05, 3.63) is 29.8 Å². The number of piperazine rings is 1. The molecule has 23 heavy (non-hydrogen) atoms. The Hall–Kier alpha value is -2.06. The zero-order valence-corrected chi connectivity index (χ0v) is 13.3. The van der Waals surface area contributed by atoms with Gasteiger partial charge in [0.25, 0.3) is 0 Å². The molecular weight excluding hydrogens is 294 g/mol. The van der Waals surface area contributed by atoms with Crippen molar-refractivity contribution in [1.29, 1.82) is 0 Å². The lowest BCUT2D eigenvalue weighted by Gasteiger charge is -2.48. The van der Waals surface area contributed by atoms with Crippen LogP contribution in [0.15, 0.2) is 23.1 Å². The second-order valence-corrected chi connectivity index (χ2v) is 6.22. The van der Waals surface area contributed by atoms with Crippen molar-refractivity contribution < 1.29 is 4.63 Å². The van der Waals surface area contributed by atoms with Crippen LogP contribution in [0.1, 0.15) is 11.4 Å². The lowest BCUT2D eigenvalue weighted by molar-refractivity contribution is 0.0241. The first kappa shape index (κ1) is 14.5. The number of anilines is 1. The highest BCUT2D eigenvalue weighted by Crippen LogP contribution is 2.20. The van der Waals surface area contributed by atoms with Crippen LogP contribution >= 0.6 is 0 Å². The Morgan fingerprint density at radius 3 is 2.48 bits per heavy atom. The van der Waals surface area contributed by atoms with Gasteiger partial charge in [0, 0.05) is 64.2 Å². The van der Waals surface area contributed by atoms with Gasteiger partial charge in [0.15, 0.2) is 0 Å². The quantitative estimate of drug-likeness (QED) is 0.791. The van der Waals surface area contributed by atoms with Gasteiger partial charge in [0.05, 0.1) is 0 Å². The summed E-state index contributed by atoms with van der Waals surface area (Å²) in [6.45, 7) is 9.09. The van der Waals surface area contributed by atoms with Crippen LogP contribution in [0.25, 0.3) is 0 Å². The normalized spacial score (nSPS) is 20.7. The van der Waals surface area contributed by atoms with Crippen molar-refractivity contribution in [2.45, 2.75) is 19.5 Å². The van der Waals surface area contributed by atoms with Gasteiger partial charge in [0.1, 0.15) is 11.4 Å². The van der Waals surface area contributed by atoms with Gasteiger partial charge < -0.3 is 4.90 Å². The van der Waals surface area contributed by atoms with Gasteiger partial charge in [0.2, 0.25) is 5.95 Å². The molecule has 0 aliphatic carbocycles. The average molecular weight is 315 g/mol. The van der Waals surface area contributed by atoms with Crippen LogP contribution in [0.4, 0.5) is 5.95 Å². The summed E-state index contributed by atoms with van der Waals surface area (Å²) in [6.07, 6.45) is 3.61. The lowest BCUT2D eigenvalue weighted by Crippen LogP contribution is -2.62. The SMILES string of the molecule is Cc1nonc1CN1CC(N2CCN(c3ncccn3)CC2)C1. The van der Waals surface area contributed by atoms with E-state index in [1.165, 1.54) is 0 Å². The van der Waals surface area contributed by atoms with E-state index in [1.54, 1.807) is 12.4 Å². The molecule has 2 saturated heterocycles. The van der Waals surface area contributed by atoms with Gasteiger partial charge in [-0.25, -0.2) is 14.6 Å². The molecule has 0 saturated carbocycles. The number of aromatic nitrogens is 4. The molecular formula is C15H21N7O. The molecule has 4 heterocycles. The van der Waals surface area contributed by atoms with Gasteiger partial charge in [-0.05, 0) is 13.0 Å². The lowest BCUT2D eigenvalue weighted by atomic mass is 10.1. The minimum Gasteiger partial charge on any atom is -0.338 e. The molecule has 0 aromatic carbocycles. The summed E-state index contributed by atoms with van der Waals surface area (Å²) >= 11 is 0. The maximum absolute atomic E-state index is 4.76. The minimum atomic E-state index is 0.647. The van der Waals surface area contributed by atoms with Crippen molar-refractivity contribution in [1.82, 2.24) is 30.1 Å². The van der Waals surface area contributed by atoms with E-state index >= 15 is 0 Å². The van der Waals surface area contributed by atoms with Crippen molar-refractivity contribution in [2.75, 3.05) is 44.2 Å². The first-order valence-corrected chi connectivity index (χ1v) is 8.06. The Bertz CT molecular complexity index is 632. The summed E-state index contributed by atoms with van der Waals surface area (Å²) in [5.74, 6) is 0.844. The number of hydrogen-bond donors (Lipinski definition) is 0. The summed E-state index contributed by atoms with van der Waals surface area (Å²) in [5, 5.41) is 7.79. The molecule has 2 aromatic heterocycles. The van der Waals surface area contributed by atoms with Crippen LogP contribution in [0.2, 0.25) is 0 Å². The molecule has 2 aromatic rings. The fourth-order valence-electron chi connectivity index (χ4n) is 3.25. The van der Waals surface area contributed by atoms with E-state index in [0.717, 1.165) is 63.1 Å². The standard InChI is InChI=1S/C15H21N7O/c1-12-14(19-23-18-12)11-20-9-13(10-20)21-5-7-22(8-6-21)15-16-3-2-4-17-15/h2-4,13H,5-11H2,1H3. The third kappa shape index (κ3) is 3.04. The van der Waals surface area contributed by atoms with Crippen LogP contribution in [0, 0.1) is 6.92 Å². The highest BCUT2D eigenvalue weighted by atomic mass is 16.6. The van der Waals surface area contributed by atoms with Crippen LogP contribution in [0.3, 0.4) is 0 Å². The molecule has 0 amide bonds. The van der Waals surface area contributed by atoms with E-state index in [4.69, 9.17) is 4.63 Å². The highest BCUT2D eigenvalue weighted by molar-refractivity contribution is 5.29. The van der Waals surface area contributed by atoms with E-state index in [9.17, 15) is 0 Å². The van der Waals surface area contributed by atoms with Gasteiger partial charge in [-0.3, -0.25) is 9.80 Å². The smallest absolute Gasteiger partial charge is 0.225 e. The molecule has 0 unspecified atom stereocenters. The first-order chi connectivity index (χ1) is 11.3. The number of aryl methyl sites for hydroxylation is 1. The third-order valence-electron chi connectivity index (χ3n) is 4.72. The molecule has 0 radical (unpaired) electrons. The fourth-order valence-corrected chi connectivity index (χ4v) is 3.25. The second kappa shape index (κ2) is 6.21. The average Bonchev–Trinajstić information content (AvgIpc) is 2.97. The van der Waals surface area contributed by atoms with E-state index in [-0.39, 0.29) is 0 Å². The third-order valence-corrected chi connectivity index (χ3v) is 4.72. The molecule has 8 heteroatoms. The highest BCUT2D eigenvalue weighted by Gasteiger charge is 2.34. The molecule has 0 N–H and O–H groups in total. The molecule has 0 spiro atoms. The fraction of sp³-hybridized carbons (Fsp3) is 0.600. The van der Waals surface area contributed by atoms with Crippen molar-refractivity contribution >= 4 is 5.95 Å². The van der Waals surface area contributed by atoms with E-state index in [0.29, 0.717) is 6.04 Å². The summed E-state index contributed by atoms with van der Waals surface area (Å²) in [5.41, 5.74) is 1.85. The van der Waals surface area contributed by atoms with E-state index in [1.807, 2.05) is 13.0 Å². The van der Waals surface area contributed by atoms with Crippen LogP contribution in [-0.4, -0.2) is 75.4 Å². The summed E-state index contributed by atoms with van der Waals surface area (Å²) in [4.78, 5) is 15.9. The zero-order valence-electron chi connectivity index (χ0n) is 13.3. The van der Waals surface area contributed by atoms with Crippen molar-refractivity contribution in [2.24, 2.45) is 0 Å². The van der Waals surface area contributed by atoms with Crippen LogP contribution in [0.5, 0.6) is 0 Å². The molecule has 2 aliphatic rings. The van der Waals surface area contributed by atoms with Crippen molar-refractivity contribution in [3.63, 3.8) is 0 Å². The summed E-state index contributed by atoms with van der Waals surface area (Å²) in [6, 6.07) is 2.50. The number of hydrogen-bond acceptors (Lipinski definition) is 8. The summed E-state index contributed by atoms with van der Waals surface area (Å²) in [7, 11) is 0. The van der Waals surface area contributed by atoms with Gasteiger partial charge in [-0.15, -0.1) is 0 Å². The van der Waals surface area contributed by atoms with Crippen LogP contribution in [-0.2, 0) is 6.54 Å². The second-order valence-electron chi connectivity index (χ2n) is 6.22. The predicted molar refractivity (Wildman–Crippen MR) is 83.9 cm³/mol. The first-order valence-electron chi connectivity index (χ1n) is 8.06. The number of likely N-dealkylation sites (tertiary alicyclic amines) is 1. The zero-order chi connectivity index (χ0) is 15.6. The largest absolute Gasteiger partial charge is 0.338 e. The number of nitrogens with zero attached hydrogens (tertiary/aromatic N) is 7. The van der Waals surface area contributed by atoms with Crippen LogP contribution < -0.4 is 4.90 Å². The van der Waals surface area contributed by atoms with E-state index < -0.39 is 0 Å². The monoisotopic (exact) mass is 315 g/mol. The van der Waals surface area contributed by atoms with Gasteiger partial charge in [-0.1, -0.05) is 10.3 Å². The van der Waals surface area contributed by atoms with E-state index in [2.05, 4.69) is 35.0 Å². The minimum absolute atomic E-state index is 0.647. The Kier molecular flexibility index (Phi) is 3.92. The number of rotatable bonds is 4. The molecule has 2 fully saturated rings. The molecule has 2 aliphatic heterocycles. The maximum atomic E-state index is 4.76. The molecule has 0 atom stereocenters. The topological polar surface area (TPSA) is 74.4 Å². The maximum Gasteiger partial charge on any atom is 0.225 e. The Morgan fingerprint density at radius 1 is 1.09 bits per heavy atom. The molecule has 8 nitrogen and oxygen atoms in total.